The molecule has 0 amide bonds. The minimum atomic E-state index is 0.273. The van der Waals surface area contributed by atoms with Gasteiger partial charge in [0, 0.05) is 26.9 Å². The zero-order chi connectivity index (χ0) is 10.1. The molecule has 0 aromatic heterocycles. The Morgan fingerprint density at radius 1 is 1.38 bits per heavy atom. The maximum absolute atomic E-state index is 9.03. The van der Waals surface area contributed by atoms with Crippen molar-refractivity contribution in [3.63, 3.8) is 0 Å². The number of aliphatic hydroxyl groups excluding tert-OH is 1. The van der Waals surface area contributed by atoms with Crippen LogP contribution in [0.25, 0.3) is 0 Å². The van der Waals surface area contributed by atoms with Gasteiger partial charge in [-0.1, -0.05) is 13.8 Å². The van der Waals surface area contributed by atoms with Crippen molar-refractivity contribution in [2.45, 2.75) is 20.3 Å². The number of aliphatic hydroxyl groups is 1. The third-order valence-electron chi connectivity index (χ3n) is 2.29. The number of rotatable bonds is 8. The first kappa shape index (κ1) is 12.9. The first-order valence-electron chi connectivity index (χ1n) is 5.02. The van der Waals surface area contributed by atoms with Gasteiger partial charge in [0.05, 0.1) is 0 Å². The van der Waals surface area contributed by atoms with E-state index in [-0.39, 0.29) is 6.61 Å². The standard InChI is InChI=1S/C10H23NO2/c1-9(2)10(8-12)7-11-5-4-6-13-3/h9-12H,4-8H2,1-3H3. The highest BCUT2D eigenvalue weighted by atomic mass is 16.5. The Morgan fingerprint density at radius 2 is 2.08 bits per heavy atom. The van der Waals surface area contributed by atoms with Gasteiger partial charge in [-0.05, 0) is 24.8 Å². The molecule has 0 heterocycles. The van der Waals surface area contributed by atoms with E-state index in [1.54, 1.807) is 7.11 Å². The molecule has 0 spiro atoms. The largest absolute Gasteiger partial charge is 0.396 e. The Labute approximate surface area is 81.5 Å². The molecule has 13 heavy (non-hydrogen) atoms. The van der Waals surface area contributed by atoms with Crippen molar-refractivity contribution in [1.82, 2.24) is 5.32 Å². The summed E-state index contributed by atoms with van der Waals surface area (Å²) in [4.78, 5) is 0. The summed E-state index contributed by atoms with van der Waals surface area (Å²) < 4.78 is 4.93. The van der Waals surface area contributed by atoms with Crippen LogP contribution in [0.4, 0.5) is 0 Å². The smallest absolute Gasteiger partial charge is 0.0474 e. The third kappa shape index (κ3) is 6.99. The normalized spacial score (nSPS) is 13.6. The average Bonchev–Trinajstić information content (AvgIpc) is 2.10. The molecule has 0 saturated carbocycles. The number of methoxy groups -OCH3 is 1. The Bertz CT molecular complexity index is 107. The van der Waals surface area contributed by atoms with Gasteiger partial charge in [-0.15, -0.1) is 0 Å². The van der Waals surface area contributed by atoms with Gasteiger partial charge in [-0.3, -0.25) is 0 Å². The average molecular weight is 189 g/mol. The maximum Gasteiger partial charge on any atom is 0.0474 e. The predicted molar refractivity (Wildman–Crippen MR) is 54.8 cm³/mol. The molecule has 3 heteroatoms. The van der Waals surface area contributed by atoms with Crippen LogP contribution in [0.1, 0.15) is 20.3 Å². The molecule has 1 atom stereocenters. The van der Waals surface area contributed by atoms with Crippen LogP contribution in [0.5, 0.6) is 0 Å². The summed E-state index contributed by atoms with van der Waals surface area (Å²) in [6.07, 6.45) is 1.03. The molecule has 0 aromatic carbocycles. The summed E-state index contributed by atoms with van der Waals surface area (Å²) in [5.41, 5.74) is 0. The molecule has 2 N–H and O–H groups in total. The Balaban J connectivity index is 3.28. The summed E-state index contributed by atoms with van der Waals surface area (Å²) in [5.74, 6) is 0.919. The monoisotopic (exact) mass is 189 g/mol. The van der Waals surface area contributed by atoms with Crippen molar-refractivity contribution in [3.05, 3.63) is 0 Å². The van der Waals surface area contributed by atoms with Gasteiger partial charge in [-0.25, -0.2) is 0 Å². The van der Waals surface area contributed by atoms with Crippen molar-refractivity contribution >= 4 is 0 Å². The van der Waals surface area contributed by atoms with Crippen molar-refractivity contribution < 1.29 is 9.84 Å². The summed E-state index contributed by atoms with van der Waals surface area (Å²) in [5, 5.41) is 12.3. The maximum atomic E-state index is 9.03. The minimum absolute atomic E-state index is 0.273. The first-order valence-corrected chi connectivity index (χ1v) is 5.02. The van der Waals surface area contributed by atoms with E-state index < -0.39 is 0 Å². The van der Waals surface area contributed by atoms with E-state index in [0.29, 0.717) is 11.8 Å². The van der Waals surface area contributed by atoms with Crippen LogP contribution in [-0.2, 0) is 4.74 Å². The first-order chi connectivity index (χ1) is 6.22. The SMILES string of the molecule is COCCCNCC(CO)C(C)C. The summed E-state index contributed by atoms with van der Waals surface area (Å²) in [7, 11) is 1.71. The molecule has 0 aliphatic carbocycles. The molecule has 0 rings (SSSR count). The fourth-order valence-corrected chi connectivity index (χ4v) is 1.14. The fraction of sp³-hybridized carbons (Fsp3) is 1.00. The summed E-state index contributed by atoms with van der Waals surface area (Å²) in [6.45, 7) is 7.22. The molecule has 1 unspecified atom stereocenters. The fourth-order valence-electron chi connectivity index (χ4n) is 1.14. The minimum Gasteiger partial charge on any atom is -0.396 e. The predicted octanol–water partition coefficient (Wildman–Crippen LogP) is 0.877. The van der Waals surface area contributed by atoms with Crippen molar-refractivity contribution in [2.75, 3.05) is 33.4 Å². The Hall–Kier alpha value is -0.120. The van der Waals surface area contributed by atoms with E-state index in [4.69, 9.17) is 9.84 Å². The zero-order valence-corrected chi connectivity index (χ0v) is 9.05. The summed E-state index contributed by atoms with van der Waals surface area (Å²) in [6, 6.07) is 0. The number of nitrogens with one attached hydrogen (secondary N) is 1. The van der Waals surface area contributed by atoms with E-state index in [9.17, 15) is 0 Å². The van der Waals surface area contributed by atoms with Gasteiger partial charge in [0.15, 0.2) is 0 Å². The van der Waals surface area contributed by atoms with Crippen LogP contribution >= 0.6 is 0 Å². The molecule has 0 radical (unpaired) electrons. The van der Waals surface area contributed by atoms with E-state index in [1.165, 1.54) is 0 Å². The quantitative estimate of drug-likeness (QED) is 0.557. The van der Waals surface area contributed by atoms with Crippen LogP contribution in [0.15, 0.2) is 0 Å². The lowest BCUT2D eigenvalue weighted by molar-refractivity contribution is 0.178. The summed E-state index contributed by atoms with van der Waals surface area (Å²) >= 11 is 0. The van der Waals surface area contributed by atoms with Gasteiger partial charge in [-0.2, -0.15) is 0 Å². The molecule has 80 valence electrons. The second-order valence-corrected chi connectivity index (χ2v) is 3.74. The van der Waals surface area contributed by atoms with E-state index in [1.807, 2.05) is 0 Å². The molecule has 0 bridgehead atoms. The zero-order valence-electron chi connectivity index (χ0n) is 9.05. The van der Waals surface area contributed by atoms with E-state index in [0.717, 1.165) is 26.1 Å². The second kappa shape index (κ2) is 8.48. The van der Waals surface area contributed by atoms with Crippen LogP contribution in [0, 0.1) is 11.8 Å². The Kier molecular flexibility index (Phi) is 8.40. The van der Waals surface area contributed by atoms with Gasteiger partial charge in [0.25, 0.3) is 0 Å². The lowest BCUT2D eigenvalue weighted by Crippen LogP contribution is -2.29. The molecular formula is C10H23NO2. The van der Waals surface area contributed by atoms with Crippen molar-refractivity contribution in [1.29, 1.82) is 0 Å². The van der Waals surface area contributed by atoms with Crippen LogP contribution in [-0.4, -0.2) is 38.5 Å². The van der Waals surface area contributed by atoms with Gasteiger partial charge >= 0.3 is 0 Å². The highest BCUT2D eigenvalue weighted by molar-refractivity contribution is 4.64. The van der Waals surface area contributed by atoms with Gasteiger partial charge in [0.2, 0.25) is 0 Å². The van der Waals surface area contributed by atoms with E-state index >= 15 is 0 Å². The lowest BCUT2D eigenvalue weighted by Gasteiger charge is -2.18. The van der Waals surface area contributed by atoms with Crippen LogP contribution in [0.2, 0.25) is 0 Å². The molecular weight excluding hydrogens is 166 g/mol. The topological polar surface area (TPSA) is 41.5 Å². The molecule has 0 aliphatic heterocycles. The van der Waals surface area contributed by atoms with Gasteiger partial charge < -0.3 is 15.2 Å². The highest BCUT2D eigenvalue weighted by Crippen LogP contribution is 2.07. The van der Waals surface area contributed by atoms with E-state index in [2.05, 4.69) is 19.2 Å². The van der Waals surface area contributed by atoms with Crippen LogP contribution in [0.3, 0.4) is 0 Å². The molecule has 0 fully saturated rings. The lowest BCUT2D eigenvalue weighted by atomic mass is 9.97. The number of ether oxygens (including phenoxy) is 1. The second-order valence-electron chi connectivity index (χ2n) is 3.74. The Morgan fingerprint density at radius 3 is 2.54 bits per heavy atom. The van der Waals surface area contributed by atoms with Gasteiger partial charge in [0.1, 0.15) is 0 Å². The third-order valence-corrected chi connectivity index (χ3v) is 2.29. The van der Waals surface area contributed by atoms with Crippen molar-refractivity contribution in [3.8, 4) is 0 Å². The number of hydrogen-bond donors (Lipinski definition) is 2. The van der Waals surface area contributed by atoms with Crippen molar-refractivity contribution in [2.24, 2.45) is 11.8 Å². The molecule has 3 nitrogen and oxygen atoms in total. The molecule has 0 aromatic rings. The van der Waals surface area contributed by atoms with Crippen LogP contribution < -0.4 is 5.32 Å². The molecule has 0 saturated heterocycles. The number of hydrogen-bond acceptors (Lipinski definition) is 3. The highest BCUT2D eigenvalue weighted by Gasteiger charge is 2.10. The molecule has 0 aliphatic rings.